The van der Waals surface area contributed by atoms with Gasteiger partial charge in [0.2, 0.25) is 0 Å². The SMILES string of the molecule is CC1CCN(CC(O)CNC(=O)c2ccc(Sc3ccccc3C#N)cc2)CC1. The molecule has 0 spiro atoms. The Hall–Kier alpha value is -2.33. The summed E-state index contributed by atoms with van der Waals surface area (Å²) in [5.74, 6) is 0.572. The van der Waals surface area contributed by atoms with Gasteiger partial charge in [0.05, 0.1) is 11.7 Å². The molecule has 152 valence electrons. The van der Waals surface area contributed by atoms with Crippen LogP contribution in [0.3, 0.4) is 0 Å². The maximum absolute atomic E-state index is 12.4. The van der Waals surface area contributed by atoms with Crippen LogP contribution in [0.2, 0.25) is 0 Å². The van der Waals surface area contributed by atoms with Crippen LogP contribution >= 0.6 is 11.8 Å². The fraction of sp³-hybridized carbons (Fsp3) is 0.391. The van der Waals surface area contributed by atoms with E-state index in [4.69, 9.17) is 0 Å². The molecule has 1 fully saturated rings. The van der Waals surface area contributed by atoms with Gasteiger partial charge in [0.25, 0.3) is 5.91 Å². The van der Waals surface area contributed by atoms with Gasteiger partial charge in [-0.2, -0.15) is 5.26 Å². The lowest BCUT2D eigenvalue weighted by Crippen LogP contribution is -2.43. The molecule has 1 heterocycles. The van der Waals surface area contributed by atoms with Crippen LogP contribution in [0.5, 0.6) is 0 Å². The minimum absolute atomic E-state index is 0.190. The maximum Gasteiger partial charge on any atom is 0.251 e. The molecule has 0 bridgehead atoms. The first-order valence-electron chi connectivity index (χ1n) is 10.0. The van der Waals surface area contributed by atoms with E-state index in [0.29, 0.717) is 17.7 Å². The molecule has 6 heteroatoms. The van der Waals surface area contributed by atoms with E-state index >= 15 is 0 Å². The van der Waals surface area contributed by atoms with E-state index in [-0.39, 0.29) is 12.5 Å². The van der Waals surface area contributed by atoms with Crippen LogP contribution < -0.4 is 5.32 Å². The average molecular weight is 410 g/mol. The first kappa shape index (κ1) is 21.4. The van der Waals surface area contributed by atoms with Gasteiger partial charge in [-0.15, -0.1) is 0 Å². The van der Waals surface area contributed by atoms with Gasteiger partial charge in [0.1, 0.15) is 6.07 Å². The zero-order chi connectivity index (χ0) is 20.6. The normalized spacial score (nSPS) is 16.2. The second kappa shape index (κ2) is 10.4. The van der Waals surface area contributed by atoms with Crippen LogP contribution in [0.1, 0.15) is 35.7 Å². The molecule has 0 saturated carbocycles. The van der Waals surface area contributed by atoms with E-state index in [1.165, 1.54) is 24.6 Å². The van der Waals surface area contributed by atoms with Gasteiger partial charge in [-0.3, -0.25) is 4.79 Å². The number of aliphatic hydroxyl groups is 1. The van der Waals surface area contributed by atoms with Gasteiger partial charge in [-0.1, -0.05) is 30.8 Å². The van der Waals surface area contributed by atoms with Crippen molar-refractivity contribution < 1.29 is 9.90 Å². The zero-order valence-corrected chi connectivity index (χ0v) is 17.5. The summed E-state index contributed by atoms with van der Waals surface area (Å²) in [5, 5.41) is 22.2. The summed E-state index contributed by atoms with van der Waals surface area (Å²) in [6.45, 7) is 5.14. The Labute approximate surface area is 176 Å². The van der Waals surface area contributed by atoms with Crippen LogP contribution in [0.25, 0.3) is 0 Å². The highest BCUT2D eigenvalue weighted by Crippen LogP contribution is 2.30. The number of nitrogens with zero attached hydrogens (tertiary/aromatic N) is 2. The number of β-amino-alcohol motifs (C(OH)–C–C–N with tert-alkyl or cyclic N) is 1. The van der Waals surface area contributed by atoms with Gasteiger partial charge >= 0.3 is 0 Å². The number of piperidine rings is 1. The largest absolute Gasteiger partial charge is 0.390 e. The van der Waals surface area contributed by atoms with Crippen LogP contribution in [-0.2, 0) is 0 Å². The van der Waals surface area contributed by atoms with Crippen molar-refractivity contribution >= 4 is 17.7 Å². The van der Waals surface area contributed by atoms with Crippen LogP contribution in [0.15, 0.2) is 58.3 Å². The molecule has 2 aromatic carbocycles. The molecule has 0 aromatic heterocycles. The third kappa shape index (κ3) is 6.33. The quantitative estimate of drug-likeness (QED) is 0.732. The number of aliphatic hydroxyl groups excluding tert-OH is 1. The molecule has 5 nitrogen and oxygen atoms in total. The number of carbonyl (C=O) groups excluding carboxylic acids is 1. The molecular weight excluding hydrogens is 382 g/mol. The lowest BCUT2D eigenvalue weighted by Gasteiger charge is -2.31. The number of rotatable bonds is 7. The molecule has 2 N–H and O–H groups in total. The summed E-state index contributed by atoms with van der Waals surface area (Å²) in [6, 6.07) is 16.9. The van der Waals surface area contributed by atoms with Crippen molar-refractivity contribution in [3.8, 4) is 6.07 Å². The molecule has 1 aliphatic heterocycles. The lowest BCUT2D eigenvalue weighted by atomic mass is 9.99. The monoisotopic (exact) mass is 409 g/mol. The minimum atomic E-state index is -0.565. The van der Waals surface area contributed by atoms with Crippen molar-refractivity contribution in [1.29, 1.82) is 5.26 Å². The Balaban J connectivity index is 1.48. The van der Waals surface area contributed by atoms with Gasteiger partial charge in [-0.25, -0.2) is 0 Å². The molecule has 2 aromatic rings. The summed E-state index contributed by atoms with van der Waals surface area (Å²) in [4.78, 5) is 16.5. The Bertz CT molecular complexity index is 855. The van der Waals surface area contributed by atoms with Crippen molar-refractivity contribution in [2.45, 2.75) is 35.7 Å². The van der Waals surface area contributed by atoms with E-state index in [1.54, 1.807) is 18.2 Å². The predicted molar refractivity (Wildman–Crippen MR) is 115 cm³/mol. The first-order valence-corrected chi connectivity index (χ1v) is 10.8. The summed E-state index contributed by atoms with van der Waals surface area (Å²) >= 11 is 1.50. The van der Waals surface area contributed by atoms with Crippen molar-refractivity contribution in [1.82, 2.24) is 10.2 Å². The molecule has 1 saturated heterocycles. The van der Waals surface area contributed by atoms with Gasteiger partial charge < -0.3 is 15.3 Å². The highest BCUT2D eigenvalue weighted by Gasteiger charge is 2.18. The minimum Gasteiger partial charge on any atom is -0.390 e. The number of likely N-dealkylation sites (tertiary alicyclic amines) is 1. The fourth-order valence-electron chi connectivity index (χ4n) is 3.37. The van der Waals surface area contributed by atoms with Crippen molar-refractivity contribution in [2.75, 3.05) is 26.2 Å². The van der Waals surface area contributed by atoms with Gasteiger partial charge in [-0.05, 0) is 68.2 Å². The van der Waals surface area contributed by atoms with Gasteiger partial charge in [0.15, 0.2) is 0 Å². The van der Waals surface area contributed by atoms with Crippen molar-refractivity contribution in [3.63, 3.8) is 0 Å². The highest BCUT2D eigenvalue weighted by molar-refractivity contribution is 7.99. The smallest absolute Gasteiger partial charge is 0.251 e. The summed E-state index contributed by atoms with van der Waals surface area (Å²) in [5.41, 5.74) is 1.19. The number of hydrogen-bond donors (Lipinski definition) is 2. The molecule has 29 heavy (non-hydrogen) atoms. The highest BCUT2D eigenvalue weighted by atomic mass is 32.2. The Morgan fingerprint density at radius 1 is 1.24 bits per heavy atom. The van der Waals surface area contributed by atoms with Crippen LogP contribution in [0, 0.1) is 17.2 Å². The van der Waals surface area contributed by atoms with E-state index in [0.717, 1.165) is 28.8 Å². The molecule has 0 radical (unpaired) electrons. The molecule has 1 unspecified atom stereocenters. The first-order chi connectivity index (χ1) is 14.0. The number of carbonyl (C=O) groups is 1. The standard InChI is InChI=1S/C23H27N3O2S/c1-17-10-12-26(13-11-17)16-20(27)15-25-23(28)18-6-8-21(9-7-18)29-22-5-3-2-4-19(22)14-24/h2-9,17,20,27H,10-13,15-16H2,1H3,(H,25,28). The molecule has 0 aliphatic carbocycles. The van der Waals surface area contributed by atoms with E-state index in [9.17, 15) is 15.2 Å². The van der Waals surface area contributed by atoms with Crippen LogP contribution in [0.4, 0.5) is 0 Å². The fourth-order valence-corrected chi connectivity index (χ4v) is 4.27. The van der Waals surface area contributed by atoms with Crippen LogP contribution in [-0.4, -0.2) is 48.2 Å². The zero-order valence-electron chi connectivity index (χ0n) is 16.7. The van der Waals surface area contributed by atoms with Gasteiger partial charge in [0, 0.05) is 28.4 Å². The number of hydrogen-bond acceptors (Lipinski definition) is 5. The number of nitriles is 1. The Morgan fingerprint density at radius 2 is 1.93 bits per heavy atom. The molecule has 1 aliphatic rings. The van der Waals surface area contributed by atoms with E-state index in [1.807, 2.05) is 30.3 Å². The van der Waals surface area contributed by atoms with Crippen molar-refractivity contribution in [2.24, 2.45) is 5.92 Å². The number of benzene rings is 2. The maximum atomic E-state index is 12.4. The second-order valence-electron chi connectivity index (χ2n) is 7.58. The third-order valence-electron chi connectivity index (χ3n) is 5.20. The number of nitrogens with one attached hydrogen (secondary N) is 1. The predicted octanol–water partition coefficient (Wildman–Crippen LogP) is 3.53. The molecule has 1 amide bonds. The molecular formula is C23H27N3O2S. The van der Waals surface area contributed by atoms with Crippen molar-refractivity contribution in [3.05, 3.63) is 59.7 Å². The molecule has 1 atom stereocenters. The lowest BCUT2D eigenvalue weighted by molar-refractivity contribution is 0.0795. The third-order valence-corrected chi connectivity index (χ3v) is 6.28. The summed E-state index contributed by atoms with van der Waals surface area (Å²) < 4.78 is 0. The Kier molecular flexibility index (Phi) is 7.70. The molecule has 3 rings (SSSR count). The second-order valence-corrected chi connectivity index (χ2v) is 8.70. The summed E-state index contributed by atoms with van der Waals surface area (Å²) in [6.07, 6.45) is 1.77. The Morgan fingerprint density at radius 3 is 2.62 bits per heavy atom. The average Bonchev–Trinajstić information content (AvgIpc) is 2.74. The topological polar surface area (TPSA) is 76.4 Å². The number of amides is 1. The van der Waals surface area contributed by atoms with E-state index in [2.05, 4.69) is 23.2 Å². The summed E-state index contributed by atoms with van der Waals surface area (Å²) in [7, 11) is 0. The van der Waals surface area contributed by atoms with E-state index < -0.39 is 6.10 Å².